The number of benzene rings is 1. The van der Waals surface area contributed by atoms with Crippen molar-refractivity contribution in [2.75, 3.05) is 0 Å². The molecule has 0 unspecified atom stereocenters. The molecule has 0 spiro atoms. The molecule has 0 amide bonds. The molecule has 0 radical (unpaired) electrons. The summed E-state index contributed by atoms with van der Waals surface area (Å²) < 4.78 is 2.34. The van der Waals surface area contributed by atoms with Crippen molar-refractivity contribution in [1.82, 2.24) is 0 Å². The van der Waals surface area contributed by atoms with E-state index in [4.69, 9.17) is 5.11 Å². The minimum atomic E-state index is 0.104. The predicted molar refractivity (Wildman–Crippen MR) is 67.7 cm³/mol. The standard InChI is InChI=1S/C9H7IOS2/c10-6-1-2-7(12)9-8(6)5(3-11)4-13-9/h1-2,4,11-12H,3H2. The first-order valence-corrected chi connectivity index (χ1v) is 6.13. The van der Waals surface area contributed by atoms with Gasteiger partial charge in [-0.05, 0) is 45.7 Å². The molecule has 0 aliphatic carbocycles. The summed E-state index contributed by atoms with van der Waals surface area (Å²) in [6, 6.07) is 4.02. The van der Waals surface area contributed by atoms with Crippen LogP contribution in [0.1, 0.15) is 5.56 Å². The fraction of sp³-hybridized carbons (Fsp3) is 0.111. The van der Waals surface area contributed by atoms with Gasteiger partial charge < -0.3 is 5.11 Å². The second-order valence-corrected chi connectivity index (χ2v) is 5.21. The number of thiophene rings is 1. The Bertz CT molecular complexity index is 450. The summed E-state index contributed by atoms with van der Waals surface area (Å²) in [5.41, 5.74) is 1.00. The van der Waals surface area contributed by atoms with Gasteiger partial charge in [-0.2, -0.15) is 0 Å². The van der Waals surface area contributed by atoms with E-state index in [9.17, 15) is 0 Å². The number of hydrogen-bond donors (Lipinski definition) is 2. The average molecular weight is 322 g/mol. The molecular weight excluding hydrogens is 315 g/mol. The second-order valence-electron chi connectivity index (χ2n) is 2.69. The zero-order valence-electron chi connectivity index (χ0n) is 6.62. The molecule has 2 rings (SSSR count). The molecule has 1 aromatic carbocycles. The van der Waals surface area contributed by atoms with Gasteiger partial charge in [-0.15, -0.1) is 24.0 Å². The molecule has 2 aromatic rings. The van der Waals surface area contributed by atoms with E-state index in [1.165, 1.54) is 8.27 Å². The monoisotopic (exact) mass is 322 g/mol. The fourth-order valence-corrected chi connectivity index (χ4v) is 3.59. The van der Waals surface area contributed by atoms with Crippen LogP contribution in [0, 0.1) is 3.57 Å². The van der Waals surface area contributed by atoms with Crippen LogP contribution in [0.4, 0.5) is 0 Å². The van der Waals surface area contributed by atoms with Crippen LogP contribution in [0.15, 0.2) is 22.4 Å². The first-order valence-electron chi connectivity index (χ1n) is 3.72. The zero-order chi connectivity index (χ0) is 9.42. The van der Waals surface area contributed by atoms with Gasteiger partial charge in [0, 0.05) is 18.6 Å². The molecule has 1 heterocycles. The maximum Gasteiger partial charge on any atom is 0.0696 e. The summed E-state index contributed by atoms with van der Waals surface area (Å²) in [7, 11) is 0. The highest BCUT2D eigenvalue weighted by Gasteiger charge is 2.08. The Kier molecular flexibility index (Phi) is 2.83. The van der Waals surface area contributed by atoms with Crippen LogP contribution in [0.5, 0.6) is 0 Å². The lowest BCUT2D eigenvalue weighted by atomic mass is 10.2. The summed E-state index contributed by atoms with van der Waals surface area (Å²) in [5.74, 6) is 0. The highest BCUT2D eigenvalue weighted by atomic mass is 127. The number of rotatable bonds is 1. The Labute approximate surface area is 99.3 Å². The molecule has 0 saturated heterocycles. The van der Waals surface area contributed by atoms with Gasteiger partial charge in [0.1, 0.15) is 0 Å². The van der Waals surface area contributed by atoms with Crippen molar-refractivity contribution in [1.29, 1.82) is 0 Å². The highest BCUT2D eigenvalue weighted by molar-refractivity contribution is 14.1. The molecule has 0 aliphatic rings. The van der Waals surface area contributed by atoms with E-state index < -0.39 is 0 Å². The molecular formula is C9H7IOS2. The van der Waals surface area contributed by atoms with Crippen molar-refractivity contribution in [3.8, 4) is 0 Å². The summed E-state index contributed by atoms with van der Waals surface area (Å²) in [5, 5.41) is 12.3. The molecule has 0 aliphatic heterocycles. The Hall–Kier alpha value is 0.220. The number of aliphatic hydroxyl groups excluding tert-OH is 1. The van der Waals surface area contributed by atoms with Gasteiger partial charge in [-0.1, -0.05) is 0 Å². The normalized spacial score (nSPS) is 11.0. The molecule has 1 aromatic heterocycles. The van der Waals surface area contributed by atoms with Crippen molar-refractivity contribution >= 4 is 56.6 Å². The van der Waals surface area contributed by atoms with Crippen molar-refractivity contribution in [2.24, 2.45) is 0 Å². The topological polar surface area (TPSA) is 20.2 Å². The third-order valence-electron chi connectivity index (χ3n) is 1.90. The zero-order valence-corrected chi connectivity index (χ0v) is 10.5. The largest absolute Gasteiger partial charge is 0.392 e. The first kappa shape index (κ1) is 9.76. The quantitative estimate of drug-likeness (QED) is 0.610. The summed E-state index contributed by atoms with van der Waals surface area (Å²) in [4.78, 5) is 0.986. The lowest BCUT2D eigenvalue weighted by molar-refractivity contribution is 0.283. The minimum absolute atomic E-state index is 0.104. The molecule has 1 N–H and O–H groups in total. The van der Waals surface area contributed by atoms with Crippen LogP contribution in [-0.4, -0.2) is 5.11 Å². The van der Waals surface area contributed by atoms with Crippen LogP contribution >= 0.6 is 46.6 Å². The van der Waals surface area contributed by atoms with E-state index in [-0.39, 0.29) is 6.61 Å². The van der Waals surface area contributed by atoms with Gasteiger partial charge in [0.05, 0.1) is 6.61 Å². The predicted octanol–water partition coefficient (Wildman–Crippen LogP) is 3.29. The van der Waals surface area contributed by atoms with Gasteiger partial charge in [0.25, 0.3) is 0 Å². The molecule has 0 fully saturated rings. The third kappa shape index (κ3) is 1.60. The summed E-state index contributed by atoms with van der Waals surface area (Å²) >= 11 is 8.30. The minimum Gasteiger partial charge on any atom is -0.392 e. The van der Waals surface area contributed by atoms with Crippen molar-refractivity contribution in [2.45, 2.75) is 11.5 Å². The van der Waals surface area contributed by atoms with Crippen LogP contribution in [0.25, 0.3) is 10.1 Å². The maximum absolute atomic E-state index is 9.12. The van der Waals surface area contributed by atoms with Gasteiger partial charge in [0.15, 0.2) is 0 Å². The average Bonchev–Trinajstić information content (AvgIpc) is 2.56. The Morgan fingerprint density at radius 3 is 2.92 bits per heavy atom. The Morgan fingerprint density at radius 2 is 2.23 bits per heavy atom. The van der Waals surface area contributed by atoms with E-state index in [1.807, 2.05) is 17.5 Å². The van der Waals surface area contributed by atoms with Crippen LogP contribution in [-0.2, 0) is 6.61 Å². The first-order chi connectivity index (χ1) is 6.24. The van der Waals surface area contributed by atoms with Gasteiger partial charge >= 0.3 is 0 Å². The van der Waals surface area contributed by atoms with Crippen LogP contribution < -0.4 is 0 Å². The molecule has 4 heteroatoms. The Balaban J connectivity index is 2.87. The molecule has 0 bridgehead atoms. The lowest BCUT2D eigenvalue weighted by Gasteiger charge is -1.99. The SMILES string of the molecule is OCc1csc2c(S)ccc(I)c12. The van der Waals surface area contributed by atoms with Crippen molar-refractivity contribution < 1.29 is 5.11 Å². The summed E-state index contributed by atoms with van der Waals surface area (Å²) in [6.07, 6.45) is 0. The van der Waals surface area contributed by atoms with Gasteiger partial charge in [0.2, 0.25) is 0 Å². The van der Waals surface area contributed by atoms with E-state index >= 15 is 0 Å². The fourth-order valence-electron chi connectivity index (χ4n) is 1.27. The molecule has 68 valence electrons. The van der Waals surface area contributed by atoms with E-state index in [2.05, 4.69) is 35.2 Å². The molecule has 0 atom stereocenters. The van der Waals surface area contributed by atoms with E-state index in [1.54, 1.807) is 11.3 Å². The summed E-state index contributed by atoms with van der Waals surface area (Å²) in [6.45, 7) is 0.104. The maximum atomic E-state index is 9.12. The molecule has 1 nitrogen and oxygen atoms in total. The van der Waals surface area contributed by atoms with Crippen LogP contribution in [0.2, 0.25) is 0 Å². The smallest absolute Gasteiger partial charge is 0.0696 e. The number of thiol groups is 1. The van der Waals surface area contributed by atoms with Gasteiger partial charge in [-0.25, -0.2) is 0 Å². The number of fused-ring (bicyclic) bond motifs is 1. The van der Waals surface area contributed by atoms with Crippen LogP contribution in [0.3, 0.4) is 0 Å². The molecule has 0 saturated carbocycles. The Morgan fingerprint density at radius 1 is 1.46 bits per heavy atom. The number of hydrogen-bond acceptors (Lipinski definition) is 3. The van der Waals surface area contributed by atoms with Crippen molar-refractivity contribution in [3.63, 3.8) is 0 Å². The van der Waals surface area contributed by atoms with E-state index in [0.29, 0.717) is 0 Å². The lowest BCUT2D eigenvalue weighted by Crippen LogP contribution is -1.82. The number of aliphatic hydroxyl groups is 1. The third-order valence-corrected chi connectivity index (χ3v) is 4.38. The molecule has 13 heavy (non-hydrogen) atoms. The number of halogens is 1. The van der Waals surface area contributed by atoms with Crippen molar-refractivity contribution in [3.05, 3.63) is 26.6 Å². The van der Waals surface area contributed by atoms with E-state index in [0.717, 1.165) is 15.8 Å². The highest BCUT2D eigenvalue weighted by Crippen LogP contribution is 2.34. The second kappa shape index (κ2) is 3.76. The van der Waals surface area contributed by atoms with Gasteiger partial charge in [-0.3, -0.25) is 0 Å².